The van der Waals surface area contributed by atoms with Crippen molar-refractivity contribution in [2.75, 3.05) is 27.9 Å². The first-order valence-corrected chi connectivity index (χ1v) is 4.72. The lowest BCUT2D eigenvalue weighted by molar-refractivity contribution is 0.107. The predicted octanol–water partition coefficient (Wildman–Crippen LogP) is 1.35. The molecule has 2 N–H and O–H groups in total. The molecule has 0 heterocycles. The van der Waals surface area contributed by atoms with Crippen LogP contribution in [0, 0.1) is 0 Å². The van der Waals surface area contributed by atoms with E-state index < -0.39 is 0 Å². The van der Waals surface area contributed by atoms with Crippen LogP contribution in [0.3, 0.4) is 0 Å². The van der Waals surface area contributed by atoms with E-state index in [1.165, 1.54) is 0 Å². The van der Waals surface area contributed by atoms with Crippen molar-refractivity contribution >= 4 is 0 Å². The first-order valence-electron chi connectivity index (χ1n) is 4.72. The van der Waals surface area contributed by atoms with Gasteiger partial charge in [-0.1, -0.05) is 12.1 Å². The van der Waals surface area contributed by atoms with Crippen LogP contribution in [0.1, 0.15) is 11.7 Å². The summed E-state index contributed by atoms with van der Waals surface area (Å²) in [5.74, 6) is 1.36. The highest BCUT2D eigenvalue weighted by Gasteiger charge is 2.17. The van der Waals surface area contributed by atoms with Crippen LogP contribution in [0.25, 0.3) is 0 Å². The summed E-state index contributed by atoms with van der Waals surface area (Å²) >= 11 is 0. The molecule has 1 aromatic rings. The zero-order valence-corrected chi connectivity index (χ0v) is 9.32. The molecule has 0 aliphatic heterocycles. The average molecular weight is 211 g/mol. The number of hydrogen-bond acceptors (Lipinski definition) is 4. The van der Waals surface area contributed by atoms with Crippen LogP contribution in [0.4, 0.5) is 0 Å². The number of benzene rings is 1. The second-order valence-corrected chi connectivity index (χ2v) is 3.04. The lowest BCUT2D eigenvalue weighted by atomic mass is 10.1. The molecule has 0 spiro atoms. The van der Waals surface area contributed by atoms with Crippen LogP contribution < -0.4 is 15.2 Å². The third-order valence-electron chi connectivity index (χ3n) is 2.28. The summed E-state index contributed by atoms with van der Waals surface area (Å²) in [5, 5.41) is 0. The minimum absolute atomic E-state index is 0.171. The van der Waals surface area contributed by atoms with E-state index in [1.54, 1.807) is 21.3 Å². The van der Waals surface area contributed by atoms with Gasteiger partial charge in [0.2, 0.25) is 0 Å². The van der Waals surface area contributed by atoms with Crippen molar-refractivity contribution in [1.29, 1.82) is 0 Å². The van der Waals surface area contributed by atoms with E-state index in [9.17, 15) is 0 Å². The number of ether oxygens (including phenoxy) is 3. The summed E-state index contributed by atoms with van der Waals surface area (Å²) in [5.41, 5.74) is 6.51. The monoisotopic (exact) mass is 211 g/mol. The molecule has 1 aromatic carbocycles. The molecule has 0 amide bonds. The normalized spacial score (nSPS) is 12.3. The van der Waals surface area contributed by atoms with Crippen molar-refractivity contribution in [3.8, 4) is 11.5 Å². The molecule has 1 unspecified atom stereocenters. The van der Waals surface area contributed by atoms with E-state index in [0.717, 1.165) is 5.56 Å². The van der Waals surface area contributed by atoms with Crippen molar-refractivity contribution in [3.05, 3.63) is 23.8 Å². The minimum atomic E-state index is -0.171. The highest BCUT2D eigenvalue weighted by Crippen LogP contribution is 2.35. The first-order chi connectivity index (χ1) is 7.28. The highest BCUT2D eigenvalue weighted by molar-refractivity contribution is 5.47. The van der Waals surface area contributed by atoms with Crippen molar-refractivity contribution < 1.29 is 14.2 Å². The molecule has 1 atom stereocenters. The van der Waals surface area contributed by atoms with Gasteiger partial charge in [0.1, 0.15) is 0 Å². The summed E-state index contributed by atoms with van der Waals surface area (Å²) in [6.45, 7) is 0.403. The Morgan fingerprint density at radius 3 is 2.40 bits per heavy atom. The van der Waals surface area contributed by atoms with Gasteiger partial charge in [0, 0.05) is 19.2 Å². The van der Waals surface area contributed by atoms with Crippen molar-refractivity contribution in [3.63, 3.8) is 0 Å². The highest BCUT2D eigenvalue weighted by atomic mass is 16.5. The molecular weight excluding hydrogens is 194 g/mol. The molecule has 0 radical (unpaired) electrons. The molecule has 15 heavy (non-hydrogen) atoms. The van der Waals surface area contributed by atoms with E-state index in [4.69, 9.17) is 19.9 Å². The molecule has 0 fully saturated rings. The molecule has 4 heteroatoms. The quantitative estimate of drug-likeness (QED) is 0.798. The maximum atomic E-state index is 5.61. The van der Waals surface area contributed by atoms with Gasteiger partial charge in [-0.3, -0.25) is 0 Å². The standard InChI is InChI=1S/C11H17NO3/c1-13-9-6-4-5-8(11(9)15-3)10(7-12)14-2/h4-6,10H,7,12H2,1-3H3. The van der Waals surface area contributed by atoms with Crippen molar-refractivity contribution in [2.24, 2.45) is 5.73 Å². The van der Waals surface area contributed by atoms with Gasteiger partial charge in [0.25, 0.3) is 0 Å². The second kappa shape index (κ2) is 5.58. The molecule has 0 aliphatic carbocycles. The van der Waals surface area contributed by atoms with Crippen LogP contribution >= 0.6 is 0 Å². The maximum Gasteiger partial charge on any atom is 0.166 e. The average Bonchev–Trinajstić information content (AvgIpc) is 2.30. The second-order valence-electron chi connectivity index (χ2n) is 3.04. The van der Waals surface area contributed by atoms with Crippen LogP contribution in [-0.2, 0) is 4.74 Å². The molecule has 0 saturated carbocycles. The van der Waals surface area contributed by atoms with Crippen LogP contribution in [0.2, 0.25) is 0 Å². The van der Waals surface area contributed by atoms with Gasteiger partial charge in [0.15, 0.2) is 11.5 Å². The molecular formula is C11H17NO3. The lowest BCUT2D eigenvalue weighted by Gasteiger charge is -2.18. The Morgan fingerprint density at radius 2 is 1.93 bits per heavy atom. The Morgan fingerprint density at radius 1 is 1.20 bits per heavy atom. The molecule has 0 aromatic heterocycles. The zero-order valence-electron chi connectivity index (χ0n) is 9.32. The Hall–Kier alpha value is -1.26. The third kappa shape index (κ3) is 2.40. The molecule has 84 valence electrons. The van der Waals surface area contributed by atoms with Gasteiger partial charge in [0.05, 0.1) is 20.3 Å². The summed E-state index contributed by atoms with van der Waals surface area (Å²) in [6.07, 6.45) is -0.171. The predicted molar refractivity (Wildman–Crippen MR) is 58.4 cm³/mol. The molecule has 4 nitrogen and oxygen atoms in total. The SMILES string of the molecule is COc1cccc(C(CN)OC)c1OC. The lowest BCUT2D eigenvalue weighted by Crippen LogP contribution is -2.15. The molecule has 1 rings (SSSR count). The van der Waals surface area contributed by atoms with Gasteiger partial charge >= 0.3 is 0 Å². The fraction of sp³-hybridized carbons (Fsp3) is 0.455. The Balaban J connectivity index is 3.15. The fourth-order valence-electron chi connectivity index (χ4n) is 1.52. The van der Waals surface area contributed by atoms with Crippen LogP contribution in [-0.4, -0.2) is 27.9 Å². The number of methoxy groups -OCH3 is 3. The van der Waals surface area contributed by atoms with E-state index in [1.807, 2.05) is 18.2 Å². The van der Waals surface area contributed by atoms with E-state index in [0.29, 0.717) is 18.0 Å². The summed E-state index contributed by atoms with van der Waals surface area (Å²) < 4.78 is 15.8. The topological polar surface area (TPSA) is 53.7 Å². The maximum absolute atomic E-state index is 5.61. The van der Waals surface area contributed by atoms with E-state index >= 15 is 0 Å². The van der Waals surface area contributed by atoms with Gasteiger partial charge in [-0.2, -0.15) is 0 Å². The summed E-state index contributed by atoms with van der Waals surface area (Å²) in [7, 11) is 4.83. The van der Waals surface area contributed by atoms with E-state index in [2.05, 4.69) is 0 Å². The first kappa shape index (κ1) is 11.8. The summed E-state index contributed by atoms with van der Waals surface area (Å²) in [4.78, 5) is 0. The smallest absolute Gasteiger partial charge is 0.166 e. The number of rotatable bonds is 5. The number of para-hydroxylation sites is 1. The zero-order chi connectivity index (χ0) is 11.3. The molecule has 0 saturated heterocycles. The van der Waals surface area contributed by atoms with Crippen LogP contribution in [0.15, 0.2) is 18.2 Å². The van der Waals surface area contributed by atoms with Crippen LogP contribution in [0.5, 0.6) is 11.5 Å². The number of nitrogens with two attached hydrogens (primary N) is 1. The molecule has 0 aliphatic rings. The minimum Gasteiger partial charge on any atom is -0.493 e. The van der Waals surface area contributed by atoms with E-state index in [-0.39, 0.29) is 6.10 Å². The fourth-order valence-corrected chi connectivity index (χ4v) is 1.52. The largest absolute Gasteiger partial charge is 0.493 e. The Labute approximate surface area is 89.9 Å². The van der Waals surface area contributed by atoms with Gasteiger partial charge in [-0.05, 0) is 6.07 Å². The van der Waals surface area contributed by atoms with Crippen molar-refractivity contribution in [2.45, 2.75) is 6.10 Å². The Bertz CT molecular complexity index is 311. The number of hydrogen-bond donors (Lipinski definition) is 1. The van der Waals surface area contributed by atoms with Crippen molar-refractivity contribution in [1.82, 2.24) is 0 Å². The van der Waals surface area contributed by atoms with Gasteiger partial charge in [-0.15, -0.1) is 0 Å². The third-order valence-corrected chi connectivity index (χ3v) is 2.28. The summed E-state index contributed by atoms with van der Waals surface area (Å²) in [6, 6.07) is 5.65. The Kier molecular flexibility index (Phi) is 4.39. The molecule has 0 bridgehead atoms. The van der Waals surface area contributed by atoms with Gasteiger partial charge in [-0.25, -0.2) is 0 Å². The van der Waals surface area contributed by atoms with Gasteiger partial charge < -0.3 is 19.9 Å².